The Hall–Kier alpha value is -1.33. The van der Waals surface area contributed by atoms with Gasteiger partial charge in [0, 0.05) is 19.1 Å². The van der Waals surface area contributed by atoms with Crippen molar-refractivity contribution < 1.29 is 0 Å². The average Bonchev–Trinajstić information content (AvgIpc) is 2.90. The summed E-state index contributed by atoms with van der Waals surface area (Å²) in [5, 5.41) is 9.42. The van der Waals surface area contributed by atoms with Crippen molar-refractivity contribution in [1.82, 2.24) is 4.90 Å². The third kappa shape index (κ3) is 2.40. The van der Waals surface area contributed by atoms with Crippen LogP contribution in [0.2, 0.25) is 0 Å². The summed E-state index contributed by atoms with van der Waals surface area (Å²) >= 11 is 0. The van der Waals surface area contributed by atoms with Gasteiger partial charge < -0.3 is 0 Å². The van der Waals surface area contributed by atoms with E-state index in [-0.39, 0.29) is 5.92 Å². The van der Waals surface area contributed by atoms with Crippen molar-refractivity contribution in [2.45, 2.75) is 51.7 Å². The first-order chi connectivity index (χ1) is 9.31. The molecule has 0 bridgehead atoms. The molecule has 2 aliphatic rings. The zero-order valence-electron chi connectivity index (χ0n) is 11.7. The number of hydrogen-bond acceptors (Lipinski definition) is 2. The molecule has 1 saturated carbocycles. The van der Waals surface area contributed by atoms with E-state index < -0.39 is 0 Å². The van der Waals surface area contributed by atoms with E-state index in [1.165, 1.54) is 30.4 Å². The quantitative estimate of drug-likeness (QED) is 0.804. The second kappa shape index (κ2) is 5.35. The van der Waals surface area contributed by atoms with E-state index in [1.54, 1.807) is 0 Å². The normalized spacial score (nSPS) is 30.8. The zero-order chi connectivity index (χ0) is 13.2. The fourth-order valence-corrected chi connectivity index (χ4v) is 3.75. The summed E-state index contributed by atoms with van der Waals surface area (Å²) in [5.41, 5.74) is 2.91. The molecule has 0 saturated heterocycles. The molecule has 1 fully saturated rings. The maximum absolute atomic E-state index is 9.42. The molecule has 0 aromatic heterocycles. The molecule has 1 aromatic rings. The van der Waals surface area contributed by atoms with Crippen LogP contribution in [0.4, 0.5) is 0 Å². The van der Waals surface area contributed by atoms with Gasteiger partial charge >= 0.3 is 0 Å². The van der Waals surface area contributed by atoms with Crippen molar-refractivity contribution in [3.05, 3.63) is 35.4 Å². The molecule has 19 heavy (non-hydrogen) atoms. The van der Waals surface area contributed by atoms with E-state index >= 15 is 0 Å². The highest BCUT2D eigenvalue weighted by Crippen LogP contribution is 2.37. The first-order valence-corrected chi connectivity index (χ1v) is 7.52. The van der Waals surface area contributed by atoms with Gasteiger partial charge in [-0.05, 0) is 36.3 Å². The van der Waals surface area contributed by atoms with Gasteiger partial charge in [0.25, 0.3) is 0 Å². The van der Waals surface area contributed by atoms with Crippen LogP contribution >= 0.6 is 0 Å². The van der Waals surface area contributed by atoms with Crippen molar-refractivity contribution in [3.8, 4) is 6.07 Å². The maximum Gasteiger partial charge on any atom is 0.0672 e. The molecule has 3 atom stereocenters. The Morgan fingerprint density at radius 2 is 1.89 bits per heavy atom. The summed E-state index contributed by atoms with van der Waals surface area (Å²) in [4.78, 5) is 2.54. The summed E-state index contributed by atoms with van der Waals surface area (Å²) in [5.74, 6) is 1.05. The smallest absolute Gasteiger partial charge is 0.0672 e. The van der Waals surface area contributed by atoms with Crippen LogP contribution in [0.1, 0.15) is 43.7 Å². The van der Waals surface area contributed by atoms with Gasteiger partial charge in [0.1, 0.15) is 0 Å². The van der Waals surface area contributed by atoms with Crippen LogP contribution in [0.15, 0.2) is 24.3 Å². The summed E-state index contributed by atoms with van der Waals surface area (Å²) < 4.78 is 0. The fourth-order valence-electron chi connectivity index (χ4n) is 3.75. The Labute approximate surface area is 116 Å². The number of nitriles is 1. The Morgan fingerprint density at radius 1 is 1.21 bits per heavy atom. The van der Waals surface area contributed by atoms with E-state index in [1.807, 2.05) is 0 Å². The Balaban J connectivity index is 1.76. The summed E-state index contributed by atoms with van der Waals surface area (Å²) in [6.07, 6.45) is 4.80. The third-order valence-electron chi connectivity index (χ3n) is 5.00. The lowest BCUT2D eigenvalue weighted by molar-refractivity contribution is 0.0977. The molecular weight excluding hydrogens is 232 g/mol. The third-order valence-corrected chi connectivity index (χ3v) is 5.00. The van der Waals surface area contributed by atoms with Gasteiger partial charge in [0.2, 0.25) is 0 Å². The minimum absolute atomic E-state index is 0.233. The van der Waals surface area contributed by atoms with Crippen molar-refractivity contribution in [2.75, 3.05) is 0 Å². The SMILES string of the molecule is CCC1CCC(C#N)C(N2Cc3ccccc3C2)C1. The molecule has 0 spiro atoms. The predicted molar refractivity (Wildman–Crippen MR) is 76.2 cm³/mol. The van der Waals surface area contributed by atoms with E-state index in [4.69, 9.17) is 0 Å². The summed E-state index contributed by atoms with van der Waals surface area (Å²) in [7, 11) is 0. The molecular formula is C17H22N2. The molecule has 0 radical (unpaired) electrons. The van der Waals surface area contributed by atoms with E-state index in [2.05, 4.69) is 42.2 Å². The van der Waals surface area contributed by atoms with Crippen molar-refractivity contribution in [2.24, 2.45) is 11.8 Å². The molecule has 1 aromatic carbocycles. The largest absolute Gasteiger partial charge is 0.291 e. The lowest BCUT2D eigenvalue weighted by Gasteiger charge is -2.38. The minimum Gasteiger partial charge on any atom is -0.291 e. The van der Waals surface area contributed by atoms with Crippen molar-refractivity contribution >= 4 is 0 Å². The topological polar surface area (TPSA) is 27.0 Å². The summed E-state index contributed by atoms with van der Waals surface area (Å²) in [6, 6.07) is 11.7. The predicted octanol–water partition coefficient (Wildman–Crippen LogP) is 3.72. The molecule has 100 valence electrons. The Kier molecular flexibility index (Phi) is 3.57. The molecule has 3 unspecified atom stereocenters. The van der Waals surface area contributed by atoms with E-state index in [9.17, 15) is 5.26 Å². The highest BCUT2D eigenvalue weighted by atomic mass is 15.2. The van der Waals surface area contributed by atoms with Crippen LogP contribution in [0, 0.1) is 23.2 Å². The number of rotatable bonds is 2. The van der Waals surface area contributed by atoms with Gasteiger partial charge in [-0.15, -0.1) is 0 Å². The number of hydrogen-bond donors (Lipinski definition) is 0. The molecule has 3 rings (SSSR count). The summed E-state index contributed by atoms with van der Waals surface area (Å²) in [6.45, 7) is 4.36. The zero-order valence-corrected chi connectivity index (χ0v) is 11.7. The van der Waals surface area contributed by atoms with Gasteiger partial charge in [0.15, 0.2) is 0 Å². The van der Waals surface area contributed by atoms with Gasteiger partial charge in [0.05, 0.1) is 12.0 Å². The monoisotopic (exact) mass is 254 g/mol. The molecule has 2 heteroatoms. The lowest BCUT2D eigenvalue weighted by atomic mass is 9.77. The second-order valence-corrected chi connectivity index (χ2v) is 6.06. The number of benzene rings is 1. The standard InChI is InChI=1S/C17H22N2/c1-2-13-7-8-14(10-18)17(9-13)19-11-15-5-3-4-6-16(15)12-19/h3-6,13-14,17H,2,7-9,11-12H2,1H3. The molecule has 1 aliphatic carbocycles. The van der Waals surface area contributed by atoms with Crippen molar-refractivity contribution in [3.63, 3.8) is 0 Å². The molecule has 1 aliphatic heterocycles. The highest BCUT2D eigenvalue weighted by molar-refractivity contribution is 5.30. The first-order valence-electron chi connectivity index (χ1n) is 7.52. The van der Waals surface area contributed by atoms with E-state index in [0.29, 0.717) is 6.04 Å². The molecule has 0 N–H and O–H groups in total. The molecule has 2 nitrogen and oxygen atoms in total. The number of fused-ring (bicyclic) bond motifs is 1. The highest BCUT2D eigenvalue weighted by Gasteiger charge is 2.36. The van der Waals surface area contributed by atoms with Gasteiger partial charge in [-0.2, -0.15) is 5.26 Å². The van der Waals surface area contributed by atoms with Crippen LogP contribution in [-0.4, -0.2) is 10.9 Å². The Morgan fingerprint density at radius 3 is 2.47 bits per heavy atom. The van der Waals surface area contributed by atoms with Gasteiger partial charge in [-0.25, -0.2) is 0 Å². The first kappa shape index (κ1) is 12.7. The van der Waals surface area contributed by atoms with Crippen molar-refractivity contribution in [1.29, 1.82) is 5.26 Å². The van der Waals surface area contributed by atoms with Crippen LogP contribution in [-0.2, 0) is 13.1 Å². The average molecular weight is 254 g/mol. The van der Waals surface area contributed by atoms with Crippen LogP contribution < -0.4 is 0 Å². The lowest BCUT2D eigenvalue weighted by Crippen LogP contribution is -2.41. The van der Waals surface area contributed by atoms with Gasteiger partial charge in [-0.1, -0.05) is 37.6 Å². The second-order valence-electron chi connectivity index (χ2n) is 6.06. The maximum atomic E-state index is 9.42. The van der Waals surface area contributed by atoms with Crippen LogP contribution in [0.5, 0.6) is 0 Å². The fraction of sp³-hybridized carbons (Fsp3) is 0.588. The molecule has 0 amide bonds. The van der Waals surface area contributed by atoms with Crippen LogP contribution in [0.25, 0.3) is 0 Å². The van der Waals surface area contributed by atoms with Crippen LogP contribution in [0.3, 0.4) is 0 Å². The van der Waals surface area contributed by atoms with E-state index in [0.717, 1.165) is 25.4 Å². The minimum atomic E-state index is 0.233. The van der Waals surface area contributed by atoms with Gasteiger partial charge in [-0.3, -0.25) is 4.90 Å². The number of nitrogens with zero attached hydrogens (tertiary/aromatic N) is 2. The Bertz CT molecular complexity index is 463. The molecule has 1 heterocycles.